The van der Waals surface area contributed by atoms with E-state index in [-0.39, 0.29) is 45.1 Å². The van der Waals surface area contributed by atoms with E-state index in [1.807, 2.05) is 0 Å². The summed E-state index contributed by atoms with van der Waals surface area (Å²) < 4.78 is 35.3. The second kappa shape index (κ2) is 15.7. The fraction of sp³-hybridized carbons (Fsp3) is 0.310. The van der Waals surface area contributed by atoms with Gasteiger partial charge in [0, 0.05) is 24.6 Å². The smallest absolute Gasteiger partial charge is 0.415 e. The van der Waals surface area contributed by atoms with Gasteiger partial charge in [0.15, 0.2) is 6.10 Å². The molecule has 0 heterocycles. The third-order valence-corrected chi connectivity index (χ3v) is 5.83. The van der Waals surface area contributed by atoms with E-state index in [9.17, 15) is 19.1 Å². The first-order valence-electron chi connectivity index (χ1n) is 12.4. The number of halogens is 2. The molecule has 8 nitrogen and oxygen atoms in total. The molecule has 0 saturated carbocycles. The topological polar surface area (TPSA) is 94.5 Å². The van der Waals surface area contributed by atoms with Gasteiger partial charge in [0.05, 0.1) is 19.8 Å². The van der Waals surface area contributed by atoms with Crippen molar-refractivity contribution in [3.8, 4) is 11.5 Å². The fourth-order valence-corrected chi connectivity index (χ4v) is 3.66. The molecule has 3 aromatic carbocycles. The molecule has 3 rings (SSSR count). The molecule has 0 fully saturated rings. The second-order valence-corrected chi connectivity index (χ2v) is 8.90. The minimum absolute atomic E-state index is 0.184. The molecule has 1 N–H and O–H groups in total. The van der Waals surface area contributed by atoms with E-state index in [1.54, 1.807) is 67.6 Å². The van der Waals surface area contributed by atoms with Gasteiger partial charge in [0.1, 0.15) is 23.9 Å². The molecule has 1 amide bonds. The van der Waals surface area contributed by atoms with Crippen LogP contribution in [-0.2, 0) is 27.3 Å². The molecule has 3 aromatic rings. The molecule has 0 aliphatic carbocycles. The predicted octanol–water partition coefficient (Wildman–Crippen LogP) is 5.61. The summed E-state index contributed by atoms with van der Waals surface area (Å²) in [5.41, 5.74) is 1.61. The van der Waals surface area contributed by atoms with Gasteiger partial charge in [-0.2, -0.15) is 0 Å². The molecular formula is C29H31ClFNO7. The van der Waals surface area contributed by atoms with E-state index in [1.165, 1.54) is 17.0 Å². The maximum atomic E-state index is 13.1. The Morgan fingerprint density at radius 1 is 0.897 bits per heavy atom. The molecule has 0 radical (unpaired) electrons. The highest BCUT2D eigenvalue weighted by Crippen LogP contribution is 2.17. The zero-order valence-corrected chi connectivity index (χ0v) is 22.3. The zero-order chi connectivity index (χ0) is 28.0. The van der Waals surface area contributed by atoms with Gasteiger partial charge in [0.2, 0.25) is 0 Å². The SMILES string of the molecule is CCOC(Cc1ccc(OCCN(CCOCc2ccc(F)cc2)C(=O)Oc2ccc(Cl)cc2)cc1)C(=O)O. The molecule has 0 aliphatic heterocycles. The van der Waals surface area contributed by atoms with Gasteiger partial charge < -0.3 is 29.0 Å². The first-order valence-corrected chi connectivity index (χ1v) is 12.8. The average molecular weight is 560 g/mol. The van der Waals surface area contributed by atoms with Crippen molar-refractivity contribution in [3.63, 3.8) is 0 Å². The largest absolute Gasteiger partial charge is 0.492 e. The molecule has 10 heteroatoms. The van der Waals surface area contributed by atoms with Gasteiger partial charge in [-0.15, -0.1) is 0 Å². The lowest BCUT2D eigenvalue weighted by atomic mass is 10.1. The van der Waals surface area contributed by atoms with E-state index in [0.29, 0.717) is 23.1 Å². The molecular weight excluding hydrogens is 529 g/mol. The standard InChI is InChI=1S/C29H31ClFNO7/c1-2-37-27(28(33)34)19-21-5-11-25(12-6-21)38-18-16-32(29(35)39-26-13-7-23(30)8-14-26)15-17-36-20-22-3-9-24(31)10-4-22/h3-14,27H,2,15-20H2,1H3,(H,33,34). The summed E-state index contributed by atoms with van der Waals surface area (Å²) in [6.07, 6.45) is -1.24. The van der Waals surface area contributed by atoms with Gasteiger partial charge in [-0.3, -0.25) is 0 Å². The summed E-state index contributed by atoms with van der Waals surface area (Å²) >= 11 is 5.91. The first kappa shape index (κ1) is 29.9. The van der Waals surface area contributed by atoms with Crippen LogP contribution in [0.1, 0.15) is 18.1 Å². The van der Waals surface area contributed by atoms with Gasteiger partial charge in [-0.1, -0.05) is 35.9 Å². The van der Waals surface area contributed by atoms with E-state index in [4.69, 9.17) is 30.5 Å². The van der Waals surface area contributed by atoms with Crippen LogP contribution in [0.4, 0.5) is 9.18 Å². The summed E-state index contributed by atoms with van der Waals surface area (Å²) in [7, 11) is 0. The zero-order valence-electron chi connectivity index (χ0n) is 21.6. The Labute approximate surface area is 231 Å². The van der Waals surface area contributed by atoms with Crippen LogP contribution >= 0.6 is 11.6 Å². The number of rotatable bonds is 15. The van der Waals surface area contributed by atoms with Crippen LogP contribution in [-0.4, -0.2) is 61.1 Å². The number of amides is 1. The van der Waals surface area contributed by atoms with Crippen molar-refractivity contribution in [2.24, 2.45) is 0 Å². The molecule has 208 valence electrons. The van der Waals surface area contributed by atoms with E-state index in [0.717, 1.165) is 11.1 Å². The maximum Gasteiger partial charge on any atom is 0.415 e. The molecule has 39 heavy (non-hydrogen) atoms. The minimum atomic E-state index is -1.01. The van der Waals surface area contributed by atoms with Crippen LogP contribution in [0, 0.1) is 5.82 Å². The molecule has 0 aliphatic rings. The lowest BCUT2D eigenvalue weighted by Gasteiger charge is -2.22. The number of aliphatic carboxylic acids is 1. The van der Waals surface area contributed by atoms with Crippen molar-refractivity contribution in [1.29, 1.82) is 0 Å². The minimum Gasteiger partial charge on any atom is -0.492 e. The summed E-state index contributed by atoms with van der Waals surface area (Å²) in [5, 5.41) is 9.79. The lowest BCUT2D eigenvalue weighted by molar-refractivity contribution is -0.149. The number of ether oxygens (including phenoxy) is 4. The van der Waals surface area contributed by atoms with Crippen LogP contribution in [0.3, 0.4) is 0 Å². The normalized spacial score (nSPS) is 11.6. The Bertz CT molecular complexity index is 1170. The number of nitrogens with zero attached hydrogens (tertiary/aromatic N) is 1. The maximum absolute atomic E-state index is 13.1. The van der Waals surface area contributed by atoms with Crippen LogP contribution in [0.5, 0.6) is 11.5 Å². The Kier molecular flexibility index (Phi) is 12.0. The van der Waals surface area contributed by atoms with Crippen molar-refractivity contribution < 1.29 is 38.0 Å². The van der Waals surface area contributed by atoms with E-state index >= 15 is 0 Å². The summed E-state index contributed by atoms with van der Waals surface area (Å²) in [6.45, 7) is 3.21. The Morgan fingerprint density at radius 3 is 2.15 bits per heavy atom. The highest BCUT2D eigenvalue weighted by Gasteiger charge is 2.18. The Balaban J connectivity index is 1.53. The lowest BCUT2D eigenvalue weighted by Crippen LogP contribution is -2.39. The quantitative estimate of drug-likeness (QED) is 0.242. The van der Waals surface area contributed by atoms with Crippen molar-refractivity contribution in [1.82, 2.24) is 4.90 Å². The van der Waals surface area contributed by atoms with Crippen LogP contribution in [0.15, 0.2) is 72.8 Å². The van der Waals surface area contributed by atoms with Crippen LogP contribution < -0.4 is 9.47 Å². The van der Waals surface area contributed by atoms with Gasteiger partial charge in [0.25, 0.3) is 0 Å². The third-order valence-electron chi connectivity index (χ3n) is 5.58. The number of carboxylic acids is 1. The number of hydrogen-bond donors (Lipinski definition) is 1. The number of carbonyl (C=O) groups is 2. The van der Waals surface area contributed by atoms with E-state index < -0.39 is 18.2 Å². The summed E-state index contributed by atoms with van der Waals surface area (Å²) in [6, 6.07) is 19.5. The molecule has 0 saturated heterocycles. The molecule has 0 aromatic heterocycles. The van der Waals surface area contributed by atoms with Crippen molar-refractivity contribution >= 4 is 23.7 Å². The Morgan fingerprint density at radius 2 is 1.51 bits per heavy atom. The predicted molar refractivity (Wildman–Crippen MR) is 144 cm³/mol. The van der Waals surface area contributed by atoms with Crippen LogP contribution in [0.25, 0.3) is 0 Å². The monoisotopic (exact) mass is 559 g/mol. The third kappa shape index (κ3) is 10.6. The van der Waals surface area contributed by atoms with Crippen LogP contribution in [0.2, 0.25) is 5.02 Å². The first-order chi connectivity index (χ1) is 18.8. The number of carboxylic acid groups (broad SMARTS) is 1. The molecule has 0 bridgehead atoms. The molecule has 0 spiro atoms. The number of hydrogen-bond acceptors (Lipinski definition) is 6. The molecule has 1 atom stereocenters. The summed E-state index contributed by atoms with van der Waals surface area (Å²) in [4.78, 5) is 25.6. The molecule has 1 unspecified atom stereocenters. The second-order valence-electron chi connectivity index (χ2n) is 8.47. The van der Waals surface area contributed by atoms with E-state index in [2.05, 4.69) is 0 Å². The van der Waals surface area contributed by atoms with Crippen molar-refractivity contribution in [2.45, 2.75) is 26.1 Å². The Hall–Kier alpha value is -3.66. The van der Waals surface area contributed by atoms with Gasteiger partial charge in [-0.25, -0.2) is 14.0 Å². The van der Waals surface area contributed by atoms with Gasteiger partial charge >= 0.3 is 12.1 Å². The van der Waals surface area contributed by atoms with Crippen molar-refractivity contribution in [2.75, 3.05) is 32.9 Å². The number of carbonyl (C=O) groups excluding carboxylic acids is 1. The highest BCUT2D eigenvalue weighted by atomic mass is 35.5. The summed E-state index contributed by atoms with van der Waals surface area (Å²) in [5.74, 6) is -0.408. The fourth-order valence-electron chi connectivity index (χ4n) is 3.54. The number of benzene rings is 3. The highest BCUT2D eigenvalue weighted by molar-refractivity contribution is 6.30. The average Bonchev–Trinajstić information content (AvgIpc) is 2.92. The van der Waals surface area contributed by atoms with Gasteiger partial charge in [-0.05, 0) is 66.6 Å². The van der Waals surface area contributed by atoms with Crippen molar-refractivity contribution in [3.05, 3.63) is 94.8 Å².